The molecule has 7 rings (SSSR count). The third-order valence-electron chi connectivity index (χ3n) is 9.71. The van der Waals surface area contributed by atoms with E-state index < -0.39 is 0 Å². The minimum Gasteiger partial charge on any atom is -0.381 e. The minimum absolute atomic E-state index is 0.0402. The third-order valence-corrected chi connectivity index (χ3v) is 10.2. The molecule has 3 aromatic heterocycles. The number of aryl methyl sites for hydroxylation is 2. The van der Waals surface area contributed by atoms with E-state index in [1.165, 1.54) is 11.3 Å². The van der Waals surface area contributed by atoms with E-state index in [9.17, 15) is 4.79 Å². The Balaban J connectivity index is 0.000000182. The van der Waals surface area contributed by atoms with Crippen molar-refractivity contribution in [2.75, 3.05) is 52.9 Å². The lowest BCUT2D eigenvalue weighted by Gasteiger charge is -2.22. The molecule has 2 fully saturated rings. The van der Waals surface area contributed by atoms with Gasteiger partial charge in [-0.25, -0.2) is 9.97 Å². The molecule has 268 valence electrons. The Labute approximate surface area is 302 Å². The Bertz CT molecular complexity index is 1910. The molecule has 0 radical (unpaired) electrons. The SMILES string of the molecule is CCOCCn1c(C2CCOCC2)nc2ccc(-c3cc(C)c(=O)n(C)c3)cc21.CCOCCn1c(C2CCOCC2)nc2ccc(Br)cc21. The fourth-order valence-electron chi connectivity index (χ4n) is 7.08. The Hall–Kier alpha value is -3.35. The molecule has 50 heavy (non-hydrogen) atoms. The van der Waals surface area contributed by atoms with Crippen molar-refractivity contribution in [3.8, 4) is 11.1 Å². The van der Waals surface area contributed by atoms with Gasteiger partial charge in [0.2, 0.25) is 0 Å². The molecule has 2 aromatic carbocycles. The van der Waals surface area contributed by atoms with E-state index in [2.05, 4.69) is 61.5 Å². The molecular weight excluding hydrogens is 698 g/mol. The number of imidazole rings is 2. The van der Waals surface area contributed by atoms with Gasteiger partial charge in [-0.05, 0) is 94.0 Å². The number of benzene rings is 2. The molecule has 5 heterocycles. The Morgan fingerprint density at radius 1 is 0.760 bits per heavy atom. The zero-order chi connectivity index (χ0) is 35.0. The molecule has 0 unspecified atom stereocenters. The summed E-state index contributed by atoms with van der Waals surface area (Å²) in [6.45, 7) is 13.7. The summed E-state index contributed by atoms with van der Waals surface area (Å²) in [5, 5.41) is 0. The van der Waals surface area contributed by atoms with Crippen molar-refractivity contribution in [3.63, 3.8) is 0 Å². The van der Waals surface area contributed by atoms with Crippen LogP contribution in [0.1, 0.15) is 68.6 Å². The van der Waals surface area contributed by atoms with Crippen LogP contribution in [0.3, 0.4) is 0 Å². The number of fused-ring (bicyclic) bond motifs is 2. The van der Waals surface area contributed by atoms with Crippen molar-refractivity contribution in [3.05, 3.63) is 80.7 Å². The van der Waals surface area contributed by atoms with Crippen molar-refractivity contribution in [2.45, 2.75) is 71.4 Å². The molecule has 0 N–H and O–H groups in total. The molecule has 0 aliphatic carbocycles. The van der Waals surface area contributed by atoms with Crippen LogP contribution in [0.4, 0.5) is 0 Å². The topological polar surface area (TPSA) is 94.6 Å². The lowest BCUT2D eigenvalue weighted by Crippen LogP contribution is -2.19. The first kappa shape index (κ1) is 36.4. The molecule has 0 spiro atoms. The smallest absolute Gasteiger partial charge is 0.253 e. The zero-order valence-electron chi connectivity index (χ0n) is 29.8. The van der Waals surface area contributed by atoms with Crippen molar-refractivity contribution in [1.82, 2.24) is 23.7 Å². The van der Waals surface area contributed by atoms with Gasteiger partial charge in [-0.3, -0.25) is 4.79 Å². The van der Waals surface area contributed by atoms with Crippen LogP contribution in [-0.2, 0) is 39.1 Å². The van der Waals surface area contributed by atoms with E-state index >= 15 is 0 Å². The summed E-state index contributed by atoms with van der Waals surface area (Å²) in [7, 11) is 1.80. The molecule has 10 nitrogen and oxygen atoms in total. The quantitative estimate of drug-likeness (QED) is 0.130. The molecule has 0 amide bonds. The largest absolute Gasteiger partial charge is 0.381 e. The standard InChI is InChI=1S/C23H29N3O3.C16H21BrN2O2/c1-4-28-12-9-26-21-14-18(19-13-16(2)23(27)25(3)15-19)5-6-20(21)24-22(26)17-7-10-29-11-8-17;1-2-20-10-7-19-15-11-13(17)3-4-14(15)18-16(19)12-5-8-21-9-6-12/h5-6,13-15,17H,4,7-12H2,1-3H3;3-4,11-12H,2,5-10H2,1H3. The molecule has 11 heteroatoms. The maximum Gasteiger partial charge on any atom is 0.253 e. The number of halogens is 1. The first-order valence-corrected chi connectivity index (χ1v) is 18.8. The predicted molar refractivity (Wildman–Crippen MR) is 201 cm³/mol. The van der Waals surface area contributed by atoms with Crippen molar-refractivity contribution >= 4 is 38.0 Å². The Morgan fingerprint density at radius 2 is 1.28 bits per heavy atom. The summed E-state index contributed by atoms with van der Waals surface area (Å²) in [4.78, 5) is 22.0. The third kappa shape index (κ3) is 8.40. The van der Waals surface area contributed by atoms with Gasteiger partial charge in [0.05, 0.1) is 35.3 Å². The number of aromatic nitrogens is 5. The van der Waals surface area contributed by atoms with Crippen LogP contribution in [0, 0.1) is 6.92 Å². The second-order valence-corrected chi connectivity index (χ2v) is 14.0. The van der Waals surface area contributed by atoms with E-state index in [-0.39, 0.29) is 5.56 Å². The van der Waals surface area contributed by atoms with Crippen LogP contribution >= 0.6 is 15.9 Å². The van der Waals surface area contributed by atoms with Crippen LogP contribution in [0.2, 0.25) is 0 Å². The van der Waals surface area contributed by atoms with E-state index in [0.717, 1.165) is 122 Å². The fraction of sp³-hybridized carbons (Fsp3) is 0.513. The van der Waals surface area contributed by atoms with Crippen LogP contribution in [-0.4, -0.2) is 76.5 Å². The van der Waals surface area contributed by atoms with Crippen molar-refractivity contribution in [2.24, 2.45) is 7.05 Å². The van der Waals surface area contributed by atoms with Gasteiger partial charge in [0.25, 0.3) is 5.56 Å². The average molecular weight is 749 g/mol. The Morgan fingerprint density at radius 3 is 1.80 bits per heavy atom. The minimum atomic E-state index is 0.0402. The van der Waals surface area contributed by atoms with Crippen LogP contribution in [0.15, 0.2) is 57.9 Å². The van der Waals surface area contributed by atoms with E-state index in [1.807, 2.05) is 33.0 Å². The summed E-state index contributed by atoms with van der Waals surface area (Å²) < 4.78 is 29.6. The second-order valence-electron chi connectivity index (χ2n) is 13.1. The molecule has 0 saturated carbocycles. The second kappa shape index (κ2) is 17.2. The summed E-state index contributed by atoms with van der Waals surface area (Å²) in [5.74, 6) is 3.23. The maximum atomic E-state index is 12.1. The fourth-order valence-corrected chi connectivity index (χ4v) is 7.43. The molecule has 2 saturated heterocycles. The first-order valence-electron chi connectivity index (χ1n) is 18.0. The highest BCUT2D eigenvalue weighted by molar-refractivity contribution is 9.10. The molecular formula is C39H50BrN5O5. The number of hydrogen-bond acceptors (Lipinski definition) is 7. The molecule has 0 atom stereocenters. The normalized spacial score (nSPS) is 15.9. The zero-order valence-corrected chi connectivity index (χ0v) is 31.4. The number of pyridine rings is 1. The van der Waals surface area contributed by atoms with Gasteiger partial charge in [-0.2, -0.15) is 0 Å². The summed E-state index contributed by atoms with van der Waals surface area (Å²) in [6.07, 6.45) is 6.02. The number of ether oxygens (including phenoxy) is 4. The van der Waals surface area contributed by atoms with Crippen molar-refractivity contribution in [1.29, 1.82) is 0 Å². The van der Waals surface area contributed by atoms with E-state index in [0.29, 0.717) is 25.0 Å². The molecule has 0 bridgehead atoms. The van der Waals surface area contributed by atoms with Gasteiger partial charge in [-0.15, -0.1) is 0 Å². The number of rotatable bonds is 11. The van der Waals surface area contributed by atoms with Crippen LogP contribution in [0.25, 0.3) is 33.2 Å². The Kier molecular flexibility index (Phi) is 12.6. The highest BCUT2D eigenvalue weighted by atomic mass is 79.9. The monoisotopic (exact) mass is 747 g/mol. The van der Waals surface area contributed by atoms with Gasteiger partial charge in [0.15, 0.2) is 0 Å². The average Bonchev–Trinajstić information content (AvgIpc) is 3.69. The van der Waals surface area contributed by atoms with E-state index in [4.69, 9.17) is 28.9 Å². The highest BCUT2D eigenvalue weighted by Crippen LogP contribution is 2.33. The number of hydrogen-bond donors (Lipinski definition) is 0. The van der Waals surface area contributed by atoms with Gasteiger partial charge in [0.1, 0.15) is 11.6 Å². The van der Waals surface area contributed by atoms with Gasteiger partial charge >= 0.3 is 0 Å². The lowest BCUT2D eigenvalue weighted by molar-refractivity contribution is 0.0820. The summed E-state index contributed by atoms with van der Waals surface area (Å²) in [5.41, 5.74) is 7.30. The summed E-state index contributed by atoms with van der Waals surface area (Å²) in [6, 6.07) is 14.6. The van der Waals surface area contributed by atoms with Crippen molar-refractivity contribution < 1.29 is 18.9 Å². The summed E-state index contributed by atoms with van der Waals surface area (Å²) >= 11 is 3.56. The van der Waals surface area contributed by atoms with Gasteiger partial charge < -0.3 is 32.6 Å². The predicted octanol–water partition coefficient (Wildman–Crippen LogP) is 7.37. The maximum absolute atomic E-state index is 12.1. The molecule has 2 aliphatic heterocycles. The van der Waals surface area contributed by atoms with Gasteiger partial charge in [-0.1, -0.05) is 22.0 Å². The number of nitrogens with zero attached hydrogens (tertiary/aromatic N) is 5. The van der Waals surface area contributed by atoms with Crippen LogP contribution < -0.4 is 5.56 Å². The molecule has 2 aliphatic rings. The van der Waals surface area contributed by atoms with Gasteiger partial charge in [0, 0.05) is 87.8 Å². The van der Waals surface area contributed by atoms with E-state index in [1.54, 1.807) is 11.6 Å². The molecule has 5 aromatic rings. The highest BCUT2D eigenvalue weighted by Gasteiger charge is 2.24. The van der Waals surface area contributed by atoms with Crippen LogP contribution in [0.5, 0.6) is 0 Å². The first-order chi connectivity index (χ1) is 24.4. The lowest BCUT2D eigenvalue weighted by atomic mass is 9.99.